The molecule has 0 aromatic heterocycles. The molecule has 2 atom stereocenters. The van der Waals surface area contributed by atoms with Crippen LogP contribution < -0.4 is 15.4 Å². The summed E-state index contributed by atoms with van der Waals surface area (Å²) in [6.45, 7) is 21.3. The van der Waals surface area contributed by atoms with Crippen LogP contribution in [0.2, 0.25) is 0 Å². The molecule has 1 aliphatic heterocycles. The van der Waals surface area contributed by atoms with Crippen LogP contribution in [0.3, 0.4) is 0 Å². The third-order valence-corrected chi connectivity index (χ3v) is 5.65. The lowest BCUT2D eigenvalue weighted by Gasteiger charge is -2.37. The van der Waals surface area contributed by atoms with Crippen molar-refractivity contribution in [3.8, 4) is 5.75 Å². The highest BCUT2D eigenvalue weighted by atomic mass is 16.5. The second kappa shape index (κ2) is 12.8. The Balaban J connectivity index is 1.88. The quantitative estimate of drug-likeness (QED) is 0.452. The third kappa shape index (κ3) is 8.15. The SMILES string of the molecule is CCNC(=NCC(C)N1CCN(CC)CC1)NC(C)c1ccc(OCC(C)C)cc1. The summed E-state index contributed by atoms with van der Waals surface area (Å²) in [5, 5.41) is 6.94. The van der Waals surface area contributed by atoms with Gasteiger partial charge in [-0.15, -0.1) is 0 Å². The average molecular weight is 418 g/mol. The molecule has 0 amide bonds. The van der Waals surface area contributed by atoms with E-state index in [4.69, 9.17) is 9.73 Å². The van der Waals surface area contributed by atoms with Crippen molar-refractivity contribution in [2.45, 2.75) is 53.6 Å². The number of nitrogens with zero attached hydrogens (tertiary/aromatic N) is 3. The molecular formula is C24H43N5O. The van der Waals surface area contributed by atoms with Crippen LogP contribution in [0.25, 0.3) is 0 Å². The van der Waals surface area contributed by atoms with Gasteiger partial charge in [0.15, 0.2) is 5.96 Å². The van der Waals surface area contributed by atoms with E-state index in [1.807, 2.05) is 0 Å². The maximum atomic E-state index is 5.79. The first kappa shape index (κ1) is 24.5. The van der Waals surface area contributed by atoms with Gasteiger partial charge in [-0.3, -0.25) is 9.89 Å². The molecule has 1 aromatic carbocycles. The maximum Gasteiger partial charge on any atom is 0.191 e. The summed E-state index contributed by atoms with van der Waals surface area (Å²) in [6, 6.07) is 8.99. The molecule has 1 heterocycles. The normalized spacial score (nSPS) is 18.3. The van der Waals surface area contributed by atoms with Gasteiger partial charge in [0.05, 0.1) is 19.2 Å². The Kier molecular flexibility index (Phi) is 10.4. The van der Waals surface area contributed by atoms with Crippen molar-refractivity contribution < 1.29 is 4.74 Å². The van der Waals surface area contributed by atoms with E-state index in [1.54, 1.807) is 0 Å². The summed E-state index contributed by atoms with van der Waals surface area (Å²) in [6.07, 6.45) is 0. The predicted molar refractivity (Wildman–Crippen MR) is 127 cm³/mol. The van der Waals surface area contributed by atoms with E-state index in [-0.39, 0.29) is 6.04 Å². The number of benzene rings is 1. The number of hydrogen-bond acceptors (Lipinski definition) is 4. The Hall–Kier alpha value is -1.79. The molecule has 2 N–H and O–H groups in total. The molecule has 1 aliphatic rings. The molecule has 1 fully saturated rings. The van der Waals surface area contributed by atoms with Crippen LogP contribution in [0, 0.1) is 5.92 Å². The summed E-state index contributed by atoms with van der Waals surface area (Å²) >= 11 is 0. The Morgan fingerprint density at radius 3 is 2.27 bits per heavy atom. The van der Waals surface area contributed by atoms with E-state index in [1.165, 1.54) is 5.56 Å². The van der Waals surface area contributed by atoms with Crippen LogP contribution in [0.4, 0.5) is 0 Å². The second-order valence-electron chi connectivity index (χ2n) is 8.68. The van der Waals surface area contributed by atoms with Gasteiger partial charge in [-0.05, 0) is 50.9 Å². The zero-order chi connectivity index (χ0) is 21.9. The second-order valence-corrected chi connectivity index (χ2v) is 8.68. The van der Waals surface area contributed by atoms with E-state index in [2.05, 4.69) is 86.2 Å². The molecule has 6 nitrogen and oxygen atoms in total. The average Bonchev–Trinajstić information content (AvgIpc) is 2.76. The van der Waals surface area contributed by atoms with Crippen molar-refractivity contribution in [1.29, 1.82) is 0 Å². The molecule has 2 rings (SSSR count). The lowest BCUT2D eigenvalue weighted by Crippen LogP contribution is -2.50. The molecule has 0 radical (unpaired) electrons. The minimum Gasteiger partial charge on any atom is -0.493 e. The maximum absolute atomic E-state index is 5.79. The van der Waals surface area contributed by atoms with Gasteiger partial charge in [0.1, 0.15) is 5.75 Å². The van der Waals surface area contributed by atoms with Crippen LogP contribution in [-0.4, -0.2) is 74.2 Å². The summed E-state index contributed by atoms with van der Waals surface area (Å²) < 4.78 is 5.79. The lowest BCUT2D eigenvalue weighted by atomic mass is 10.1. The van der Waals surface area contributed by atoms with Crippen molar-refractivity contribution in [2.24, 2.45) is 10.9 Å². The Labute approximate surface area is 184 Å². The summed E-state index contributed by atoms with van der Waals surface area (Å²) in [5.41, 5.74) is 1.22. The van der Waals surface area contributed by atoms with E-state index in [9.17, 15) is 0 Å². The van der Waals surface area contributed by atoms with Gasteiger partial charge in [-0.25, -0.2) is 0 Å². The van der Waals surface area contributed by atoms with E-state index < -0.39 is 0 Å². The van der Waals surface area contributed by atoms with E-state index >= 15 is 0 Å². The van der Waals surface area contributed by atoms with Gasteiger partial charge in [-0.1, -0.05) is 32.9 Å². The summed E-state index contributed by atoms with van der Waals surface area (Å²) in [5.74, 6) is 2.34. The number of likely N-dealkylation sites (N-methyl/N-ethyl adjacent to an activating group) is 1. The summed E-state index contributed by atoms with van der Waals surface area (Å²) in [7, 11) is 0. The van der Waals surface area contributed by atoms with Crippen molar-refractivity contribution >= 4 is 5.96 Å². The van der Waals surface area contributed by atoms with Crippen molar-refractivity contribution in [3.63, 3.8) is 0 Å². The van der Waals surface area contributed by atoms with E-state index in [0.29, 0.717) is 12.0 Å². The molecule has 1 saturated heterocycles. The number of ether oxygens (including phenoxy) is 1. The van der Waals surface area contributed by atoms with Crippen LogP contribution in [-0.2, 0) is 0 Å². The molecule has 1 aromatic rings. The van der Waals surface area contributed by atoms with Crippen molar-refractivity contribution in [3.05, 3.63) is 29.8 Å². The number of nitrogens with one attached hydrogen (secondary N) is 2. The van der Waals surface area contributed by atoms with Gasteiger partial charge in [0, 0.05) is 38.8 Å². The van der Waals surface area contributed by atoms with Gasteiger partial charge in [-0.2, -0.15) is 0 Å². The van der Waals surface area contributed by atoms with Crippen molar-refractivity contribution in [2.75, 3.05) is 52.4 Å². The fraction of sp³-hybridized carbons (Fsp3) is 0.708. The van der Waals surface area contributed by atoms with Crippen LogP contribution >= 0.6 is 0 Å². The molecule has 0 spiro atoms. The molecule has 0 aliphatic carbocycles. The number of aliphatic imine (C=N–C) groups is 1. The molecule has 170 valence electrons. The van der Waals surface area contributed by atoms with Gasteiger partial charge >= 0.3 is 0 Å². The van der Waals surface area contributed by atoms with Gasteiger partial charge < -0.3 is 20.3 Å². The highest BCUT2D eigenvalue weighted by Gasteiger charge is 2.20. The Bertz CT molecular complexity index is 623. The fourth-order valence-electron chi connectivity index (χ4n) is 3.58. The van der Waals surface area contributed by atoms with Crippen LogP contribution in [0.15, 0.2) is 29.3 Å². The zero-order valence-electron chi connectivity index (χ0n) is 19.9. The Morgan fingerprint density at radius 1 is 1.03 bits per heavy atom. The molecule has 30 heavy (non-hydrogen) atoms. The van der Waals surface area contributed by atoms with Gasteiger partial charge in [0.25, 0.3) is 0 Å². The minimum absolute atomic E-state index is 0.172. The summed E-state index contributed by atoms with van der Waals surface area (Å²) in [4.78, 5) is 9.94. The first-order chi connectivity index (χ1) is 14.4. The minimum atomic E-state index is 0.172. The van der Waals surface area contributed by atoms with Gasteiger partial charge in [0.2, 0.25) is 0 Å². The zero-order valence-corrected chi connectivity index (χ0v) is 19.9. The largest absolute Gasteiger partial charge is 0.493 e. The monoisotopic (exact) mass is 417 g/mol. The molecular weight excluding hydrogens is 374 g/mol. The first-order valence-electron chi connectivity index (χ1n) is 11.7. The van der Waals surface area contributed by atoms with Crippen LogP contribution in [0.1, 0.15) is 53.1 Å². The predicted octanol–water partition coefficient (Wildman–Crippen LogP) is 3.36. The molecule has 2 unspecified atom stereocenters. The number of hydrogen-bond donors (Lipinski definition) is 2. The highest BCUT2D eigenvalue weighted by Crippen LogP contribution is 2.18. The number of piperazine rings is 1. The number of guanidine groups is 1. The van der Waals surface area contributed by atoms with Crippen molar-refractivity contribution in [1.82, 2.24) is 20.4 Å². The molecule has 6 heteroatoms. The van der Waals surface area contributed by atoms with E-state index in [0.717, 1.165) is 64.1 Å². The Morgan fingerprint density at radius 2 is 1.70 bits per heavy atom. The number of rotatable bonds is 10. The highest BCUT2D eigenvalue weighted by molar-refractivity contribution is 5.80. The first-order valence-corrected chi connectivity index (χ1v) is 11.7. The molecule has 0 saturated carbocycles. The fourth-order valence-corrected chi connectivity index (χ4v) is 3.58. The lowest BCUT2D eigenvalue weighted by molar-refractivity contribution is 0.109. The smallest absolute Gasteiger partial charge is 0.191 e. The standard InChI is InChI=1S/C24H43N5O/c1-7-25-24(26-17-20(5)29-15-13-28(8-2)14-16-29)27-21(6)22-9-11-23(12-10-22)30-18-19(3)4/h9-12,19-21H,7-8,13-18H2,1-6H3,(H2,25,26,27). The molecule has 0 bridgehead atoms. The third-order valence-electron chi connectivity index (χ3n) is 5.65. The van der Waals surface area contributed by atoms with Crippen LogP contribution in [0.5, 0.6) is 5.75 Å². The topological polar surface area (TPSA) is 52.1 Å².